The summed E-state index contributed by atoms with van der Waals surface area (Å²) in [6, 6.07) is 5.32. The third-order valence-corrected chi connectivity index (χ3v) is 2.78. The van der Waals surface area contributed by atoms with Gasteiger partial charge in [-0.1, -0.05) is 6.07 Å². The van der Waals surface area contributed by atoms with Gasteiger partial charge in [-0.3, -0.25) is 14.0 Å². The van der Waals surface area contributed by atoms with Crippen LogP contribution in [-0.4, -0.2) is 10.4 Å². The van der Waals surface area contributed by atoms with Gasteiger partial charge >= 0.3 is 5.97 Å². The molecule has 2 rings (SSSR count). The first-order valence-electron chi connectivity index (χ1n) is 5.31. The predicted octanol–water partition coefficient (Wildman–Crippen LogP) is 1.84. The second-order valence-electron chi connectivity index (χ2n) is 3.93. The van der Waals surface area contributed by atoms with Crippen LogP contribution >= 0.6 is 0 Å². The van der Waals surface area contributed by atoms with E-state index >= 15 is 0 Å². The van der Waals surface area contributed by atoms with Gasteiger partial charge in [0, 0.05) is 24.2 Å². The van der Waals surface area contributed by atoms with Crippen molar-refractivity contribution >= 4 is 11.5 Å². The van der Waals surface area contributed by atoms with Gasteiger partial charge in [-0.2, -0.15) is 0 Å². The molecule has 4 heteroatoms. The van der Waals surface area contributed by atoms with Gasteiger partial charge in [-0.05, 0) is 26.0 Å². The van der Waals surface area contributed by atoms with E-state index < -0.39 is 5.97 Å². The third-order valence-electron chi connectivity index (χ3n) is 2.78. The smallest absolute Gasteiger partial charge is 0.308 e. The first kappa shape index (κ1) is 11.4. The van der Waals surface area contributed by atoms with Gasteiger partial charge in [0.1, 0.15) is 0 Å². The number of pyridine rings is 2. The molecule has 0 saturated heterocycles. The number of aromatic nitrogens is 1. The first-order valence-corrected chi connectivity index (χ1v) is 5.31. The molecule has 0 bridgehead atoms. The van der Waals surface area contributed by atoms with Crippen molar-refractivity contribution in [3.63, 3.8) is 0 Å². The summed E-state index contributed by atoms with van der Waals surface area (Å²) < 4.78 is 6.68. The van der Waals surface area contributed by atoms with Crippen molar-refractivity contribution in [2.45, 2.75) is 20.8 Å². The molecular weight excluding hydrogens is 218 g/mol. The summed E-state index contributed by atoms with van der Waals surface area (Å²) in [7, 11) is 0. The number of nitrogens with zero attached hydrogens (tertiary/aromatic N) is 1. The van der Waals surface area contributed by atoms with Crippen LogP contribution in [0, 0.1) is 13.8 Å². The molecule has 0 aliphatic heterocycles. The molecule has 0 aliphatic carbocycles. The number of esters is 1. The number of ether oxygens (including phenoxy) is 1. The van der Waals surface area contributed by atoms with Crippen molar-refractivity contribution in [3.8, 4) is 5.75 Å². The van der Waals surface area contributed by atoms with Crippen LogP contribution in [0.1, 0.15) is 18.1 Å². The van der Waals surface area contributed by atoms with Crippen LogP contribution in [0.15, 0.2) is 29.2 Å². The van der Waals surface area contributed by atoms with Crippen LogP contribution in [0.3, 0.4) is 0 Å². The molecule has 0 aliphatic rings. The molecule has 17 heavy (non-hydrogen) atoms. The second-order valence-corrected chi connectivity index (χ2v) is 3.93. The molecule has 0 N–H and O–H groups in total. The Bertz CT molecular complexity index is 655. The van der Waals surface area contributed by atoms with E-state index in [-0.39, 0.29) is 5.56 Å². The Morgan fingerprint density at radius 1 is 1.24 bits per heavy atom. The van der Waals surface area contributed by atoms with Crippen molar-refractivity contribution < 1.29 is 9.53 Å². The summed E-state index contributed by atoms with van der Waals surface area (Å²) in [5.41, 5.74) is 1.81. The highest BCUT2D eigenvalue weighted by Gasteiger charge is 2.14. The number of carbonyl (C=O) groups is 1. The summed E-state index contributed by atoms with van der Waals surface area (Å²) >= 11 is 0. The zero-order valence-electron chi connectivity index (χ0n) is 9.98. The summed E-state index contributed by atoms with van der Waals surface area (Å²) in [4.78, 5) is 23.1. The lowest BCUT2D eigenvalue weighted by atomic mass is 10.1. The Balaban J connectivity index is 2.90. The summed E-state index contributed by atoms with van der Waals surface area (Å²) in [6.45, 7) is 4.85. The number of hydrogen-bond acceptors (Lipinski definition) is 3. The second kappa shape index (κ2) is 4.05. The minimum absolute atomic E-state index is 0.0889. The van der Waals surface area contributed by atoms with Gasteiger partial charge in [0.05, 0.1) is 5.52 Å². The van der Waals surface area contributed by atoms with Crippen molar-refractivity contribution in [3.05, 3.63) is 45.9 Å². The molecule has 2 heterocycles. The van der Waals surface area contributed by atoms with E-state index in [9.17, 15) is 9.59 Å². The number of fused-ring (bicyclic) bond motifs is 1. The third kappa shape index (κ3) is 1.82. The molecule has 4 nitrogen and oxygen atoms in total. The molecule has 0 fully saturated rings. The maximum absolute atomic E-state index is 12.0. The van der Waals surface area contributed by atoms with Crippen molar-refractivity contribution in [2.75, 3.05) is 0 Å². The predicted molar refractivity (Wildman–Crippen MR) is 64.5 cm³/mol. The fourth-order valence-corrected chi connectivity index (χ4v) is 1.78. The number of rotatable bonds is 1. The fraction of sp³-hybridized carbons (Fsp3) is 0.231. The topological polar surface area (TPSA) is 47.8 Å². The van der Waals surface area contributed by atoms with Crippen LogP contribution < -0.4 is 10.3 Å². The monoisotopic (exact) mass is 231 g/mol. The van der Waals surface area contributed by atoms with Crippen LogP contribution in [0.25, 0.3) is 5.52 Å². The largest absolute Gasteiger partial charge is 0.424 e. The lowest BCUT2D eigenvalue weighted by Crippen LogP contribution is -2.19. The maximum Gasteiger partial charge on any atom is 0.308 e. The van der Waals surface area contributed by atoms with Gasteiger partial charge in [-0.25, -0.2) is 0 Å². The maximum atomic E-state index is 12.0. The Kier molecular flexibility index (Phi) is 2.71. The van der Waals surface area contributed by atoms with Crippen molar-refractivity contribution in [1.29, 1.82) is 0 Å². The van der Waals surface area contributed by atoms with Gasteiger partial charge in [0.15, 0.2) is 5.75 Å². The molecule has 2 aromatic heterocycles. The van der Waals surface area contributed by atoms with E-state index in [0.29, 0.717) is 22.4 Å². The minimum atomic E-state index is -0.392. The van der Waals surface area contributed by atoms with Gasteiger partial charge in [0.2, 0.25) is 0 Å². The van der Waals surface area contributed by atoms with Gasteiger partial charge in [-0.15, -0.1) is 0 Å². The highest BCUT2D eigenvalue weighted by atomic mass is 16.5. The molecule has 88 valence electrons. The Morgan fingerprint density at radius 3 is 2.59 bits per heavy atom. The molecule has 0 amide bonds. The van der Waals surface area contributed by atoms with Crippen molar-refractivity contribution in [2.24, 2.45) is 0 Å². The SMILES string of the molecule is CC(=O)Oc1c(C)c(C)c(=O)n2ccccc12. The first-order chi connectivity index (χ1) is 8.02. The van der Waals surface area contributed by atoms with Gasteiger partial charge in [0.25, 0.3) is 5.56 Å². The van der Waals surface area contributed by atoms with Crippen LogP contribution in [0.5, 0.6) is 5.75 Å². The molecule has 0 saturated carbocycles. The normalized spacial score (nSPS) is 10.5. The van der Waals surface area contributed by atoms with Gasteiger partial charge < -0.3 is 4.74 Å². The average molecular weight is 231 g/mol. The van der Waals surface area contributed by atoms with E-state index in [0.717, 1.165) is 0 Å². The molecule has 0 unspecified atom stereocenters. The van der Waals surface area contributed by atoms with E-state index in [2.05, 4.69) is 0 Å². The van der Waals surface area contributed by atoms with Crippen LogP contribution in [0.2, 0.25) is 0 Å². The van der Waals surface area contributed by atoms with Crippen LogP contribution in [0.4, 0.5) is 0 Å². The van der Waals surface area contributed by atoms with E-state index in [1.54, 1.807) is 38.2 Å². The lowest BCUT2D eigenvalue weighted by Gasteiger charge is -2.12. The Morgan fingerprint density at radius 2 is 1.94 bits per heavy atom. The molecule has 0 radical (unpaired) electrons. The molecule has 0 aromatic carbocycles. The fourth-order valence-electron chi connectivity index (χ4n) is 1.78. The van der Waals surface area contributed by atoms with Crippen LogP contribution in [-0.2, 0) is 4.79 Å². The summed E-state index contributed by atoms with van der Waals surface area (Å²) in [5.74, 6) is 0.0621. The molecular formula is C13H13NO3. The zero-order valence-corrected chi connectivity index (χ0v) is 9.98. The van der Waals surface area contributed by atoms with E-state index in [1.807, 2.05) is 0 Å². The average Bonchev–Trinajstić information content (AvgIpc) is 2.31. The van der Waals surface area contributed by atoms with E-state index in [1.165, 1.54) is 11.3 Å². The number of hydrogen-bond donors (Lipinski definition) is 0. The zero-order chi connectivity index (χ0) is 12.6. The summed E-state index contributed by atoms with van der Waals surface area (Å²) in [5, 5.41) is 0. The highest BCUT2D eigenvalue weighted by Crippen LogP contribution is 2.25. The molecule has 0 spiro atoms. The summed E-state index contributed by atoms with van der Waals surface area (Å²) in [6.07, 6.45) is 1.66. The highest BCUT2D eigenvalue weighted by molar-refractivity contribution is 5.75. The quantitative estimate of drug-likeness (QED) is 0.703. The Labute approximate surface area is 98.5 Å². The standard InChI is InChI=1S/C13H13NO3/c1-8-9(2)13(16)14-7-5-4-6-11(14)12(8)17-10(3)15/h4-7H,1-3H3. The molecule has 0 atom stereocenters. The molecule has 2 aromatic rings. The van der Waals surface area contributed by atoms with E-state index in [4.69, 9.17) is 4.74 Å². The minimum Gasteiger partial charge on any atom is -0.424 e. The lowest BCUT2D eigenvalue weighted by molar-refractivity contribution is -0.131. The Hall–Kier alpha value is -2.10. The number of carbonyl (C=O) groups excluding carboxylic acids is 1. The van der Waals surface area contributed by atoms with Crippen molar-refractivity contribution in [1.82, 2.24) is 4.40 Å².